The van der Waals surface area contributed by atoms with E-state index in [0.717, 1.165) is 35.6 Å². The topological polar surface area (TPSA) is 54.4 Å². The Morgan fingerprint density at radius 3 is 1.22 bits per heavy atom. The zero-order chi connectivity index (χ0) is 33.1. The van der Waals surface area contributed by atoms with Gasteiger partial charge in [0.15, 0.2) is 0 Å². The van der Waals surface area contributed by atoms with Gasteiger partial charge in [0.05, 0.1) is 4.90 Å². The van der Waals surface area contributed by atoms with Crippen molar-refractivity contribution in [1.82, 2.24) is 0 Å². The maximum absolute atomic E-state index is 12.1. The smallest absolute Gasteiger partial charge is 0.282 e. The molecule has 2 rings (SSSR count). The summed E-state index contributed by atoms with van der Waals surface area (Å²) in [5, 5.41) is 2.07. The van der Waals surface area contributed by atoms with Gasteiger partial charge in [-0.25, -0.2) is 0 Å². The van der Waals surface area contributed by atoms with Gasteiger partial charge >= 0.3 is 0 Å². The van der Waals surface area contributed by atoms with E-state index < -0.39 is 10.1 Å². The second kappa shape index (κ2) is 26.6. The molecule has 0 aliphatic carbocycles. The molecular formula is C42H72O3S. The molecule has 0 heterocycles. The molecular weight excluding hydrogens is 585 g/mol. The Bertz CT molecular complexity index is 1120. The maximum atomic E-state index is 12.1. The molecule has 2 aromatic carbocycles. The minimum Gasteiger partial charge on any atom is -0.282 e. The third kappa shape index (κ3) is 19.4. The van der Waals surface area contributed by atoms with E-state index in [-0.39, 0.29) is 4.90 Å². The normalized spacial score (nSPS) is 12.0. The van der Waals surface area contributed by atoms with E-state index >= 15 is 0 Å². The van der Waals surface area contributed by atoms with E-state index in [4.69, 9.17) is 0 Å². The maximum Gasteiger partial charge on any atom is 0.294 e. The largest absolute Gasteiger partial charge is 0.294 e. The van der Waals surface area contributed by atoms with Crippen LogP contribution in [-0.4, -0.2) is 13.0 Å². The fraction of sp³-hybridized carbons (Fsp3) is 0.762. The third-order valence-corrected chi connectivity index (χ3v) is 10.8. The van der Waals surface area contributed by atoms with Gasteiger partial charge in [-0.05, 0) is 59.7 Å². The van der Waals surface area contributed by atoms with Gasteiger partial charge < -0.3 is 0 Å². The van der Waals surface area contributed by atoms with Gasteiger partial charge in [-0.2, -0.15) is 8.42 Å². The van der Waals surface area contributed by atoms with Crippen LogP contribution in [0.15, 0.2) is 35.2 Å². The van der Waals surface area contributed by atoms with E-state index in [2.05, 4.69) is 32.0 Å². The molecule has 0 amide bonds. The minimum atomic E-state index is -4.23. The molecule has 0 fully saturated rings. The fourth-order valence-corrected chi connectivity index (χ4v) is 7.58. The first-order valence-corrected chi connectivity index (χ1v) is 21.4. The van der Waals surface area contributed by atoms with Crippen molar-refractivity contribution in [2.24, 2.45) is 0 Å². The Labute approximate surface area is 285 Å². The molecule has 0 atom stereocenters. The van der Waals surface area contributed by atoms with Gasteiger partial charge in [-0.1, -0.05) is 199 Å². The molecule has 3 nitrogen and oxygen atoms in total. The highest BCUT2D eigenvalue weighted by Crippen LogP contribution is 2.27. The molecule has 4 heteroatoms. The second-order valence-corrected chi connectivity index (χ2v) is 15.7. The lowest BCUT2D eigenvalue weighted by Gasteiger charge is -2.11. The Morgan fingerprint density at radius 1 is 0.457 bits per heavy atom. The van der Waals surface area contributed by atoms with Crippen LogP contribution in [-0.2, 0) is 23.0 Å². The van der Waals surface area contributed by atoms with E-state index in [0.29, 0.717) is 0 Å². The van der Waals surface area contributed by atoms with Gasteiger partial charge in [0.1, 0.15) is 0 Å². The molecule has 0 aliphatic rings. The predicted octanol–water partition coefficient (Wildman–Crippen LogP) is 14.1. The molecule has 0 aliphatic heterocycles. The summed E-state index contributed by atoms with van der Waals surface area (Å²) in [6.45, 7) is 4.56. The first-order chi connectivity index (χ1) is 22.5. The highest BCUT2D eigenvalue weighted by molar-refractivity contribution is 7.85. The molecule has 0 spiro atoms. The van der Waals surface area contributed by atoms with Crippen LogP contribution in [0.2, 0.25) is 0 Å². The lowest BCUT2D eigenvalue weighted by atomic mass is 9.96. The lowest BCUT2D eigenvalue weighted by Crippen LogP contribution is -2.01. The van der Waals surface area contributed by atoms with E-state index in [1.807, 2.05) is 0 Å². The Balaban J connectivity index is 1.65. The van der Waals surface area contributed by atoms with E-state index in [1.54, 1.807) is 12.1 Å². The molecule has 46 heavy (non-hydrogen) atoms. The summed E-state index contributed by atoms with van der Waals surface area (Å²) in [5.41, 5.74) is 2.31. The van der Waals surface area contributed by atoms with Gasteiger partial charge in [0.2, 0.25) is 0 Å². The first-order valence-electron chi connectivity index (χ1n) is 20.0. The number of aryl methyl sites for hydroxylation is 2. The summed E-state index contributed by atoms with van der Waals surface area (Å²) in [6.07, 6.45) is 39.5. The van der Waals surface area contributed by atoms with Crippen molar-refractivity contribution >= 4 is 20.9 Å². The number of hydrogen-bond donors (Lipinski definition) is 1. The average Bonchev–Trinajstić information content (AvgIpc) is 3.04. The van der Waals surface area contributed by atoms with Crippen LogP contribution in [0.4, 0.5) is 0 Å². The summed E-state index contributed by atoms with van der Waals surface area (Å²) < 4.78 is 34.0. The minimum absolute atomic E-state index is 0.0361. The summed E-state index contributed by atoms with van der Waals surface area (Å²) in [7, 11) is -4.23. The van der Waals surface area contributed by atoms with Crippen molar-refractivity contribution in [3.05, 3.63) is 41.5 Å². The van der Waals surface area contributed by atoms with Crippen LogP contribution < -0.4 is 0 Å². The molecule has 0 saturated heterocycles. The van der Waals surface area contributed by atoms with Crippen molar-refractivity contribution in [1.29, 1.82) is 0 Å². The van der Waals surface area contributed by atoms with Crippen LogP contribution in [0, 0.1) is 0 Å². The summed E-state index contributed by atoms with van der Waals surface area (Å²) in [6, 6.07) is 9.93. The van der Waals surface area contributed by atoms with Crippen molar-refractivity contribution < 1.29 is 13.0 Å². The summed E-state index contributed by atoms with van der Waals surface area (Å²) >= 11 is 0. The fourth-order valence-electron chi connectivity index (χ4n) is 7.01. The van der Waals surface area contributed by atoms with E-state index in [1.165, 1.54) is 179 Å². The Hall–Kier alpha value is -1.39. The van der Waals surface area contributed by atoms with Crippen molar-refractivity contribution in [3.8, 4) is 0 Å². The lowest BCUT2D eigenvalue weighted by molar-refractivity contribution is 0.483. The quantitative estimate of drug-likeness (QED) is 0.0649. The number of rotatable bonds is 31. The Kier molecular flexibility index (Phi) is 23.5. The van der Waals surface area contributed by atoms with Gasteiger partial charge in [0, 0.05) is 0 Å². The van der Waals surface area contributed by atoms with Gasteiger partial charge in [0.25, 0.3) is 10.1 Å². The van der Waals surface area contributed by atoms with E-state index in [9.17, 15) is 13.0 Å². The number of hydrogen-bond acceptors (Lipinski definition) is 2. The molecule has 0 radical (unpaired) electrons. The molecule has 0 saturated carbocycles. The van der Waals surface area contributed by atoms with Crippen LogP contribution in [0.3, 0.4) is 0 Å². The molecule has 0 bridgehead atoms. The third-order valence-electron chi connectivity index (χ3n) is 9.99. The molecule has 1 N–H and O–H groups in total. The SMILES string of the molecule is CCCCCCCCCCCCCCCCc1ccc2c(CCCCCCCCCCCCCCCC)cc(S(=O)(=O)O)cc2c1. The summed E-state index contributed by atoms with van der Waals surface area (Å²) in [5.74, 6) is 0. The summed E-state index contributed by atoms with van der Waals surface area (Å²) in [4.78, 5) is 0.0361. The molecule has 0 aromatic heterocycles. The van der Waals surface area contributed by atoms with Gasteiger partial charge in [-0.3, -0.25) is 4.55 Å². The highest BCUT2D eigenvalue weighted by atomic mass is 32.2. The molecule has 264 valence electrons. The average molecular weight is 657 g/mol. The monoisotopic (exact) mass is 657 g/mol. The number of fused-ring (bicyclic) bond motifs is 1. The number of benzene rings is 2. The zero-order valence-corrected chi connectivity index (χ0v) is 31.1. The van der Waals surface area contributed by atoms with Crippen molar-refractivity contribution in [2.75, 3.05) is 0 Å². The van der Waals surface area contributed by atoms with Crippen molar-refractivity contribution in [3.63, 3.8) is 0 Å². The van der Waals surface area contributed by atoms with Crippen LogP contribution >= 0.6 is 0 Å². The zero-order valence-electron chi connectivity index (χ0n) is 30.3. The predicted molar refractivity (Wildman–Crippen MR) is 202 cm³/mol. The molecule has 2 aromatic rings. The number of unbranched alkanes of at least 4 members (excludes halogenated alkanes) is 26. The van der Waals surface area contributed by atoms with Crippen LogP contribution in [0.25, 0.3) is 10.8 Å². The first kappa shape index (κ1) is 40.8. The van der Waals surface area contributed by atoms with Crippen LogP contribution in [0.1, 0.15) is 205 Å². The highest BCUT2D eigenvalue weighted by Gasteiger charge is 2.14. The Morgan fingerprint density at radius 2 is 0.826 bits per heavy atom. The van der Waals surface area contributed by atoms with Gasteiger partial charge in [-0.15, -0.1) is 0 Å². The van der Waals surface area contributed by atoms with Crippen molar-refractivity contribution in [2.45, 2.75) is 211 Å². The molecule has 0 unspecified atom stereocenters. The standard InChI is InChI=1S/C42H72O3S/c1-3-5-7-9-11-13-15-17-19-21-23-25-27-29-31-38-33-34-42-39(36-41(46(43,44)45)37-40(42)35-38)32-30-28-26-24-22-20-18-16-14-12-10-8-6-4-2/h33-37H,3-32H2,1-2H3,(H,43,44,45). The second-order valence-electron chi connectivity index (χ2n) is 14.3. The van der Waals surface area contributed by atoms with Crippen LogP contribution in [0.5, 0.6) is 0 Å².